The average molecular weight is 424 g/mol. The summed E-state index contributed by atoms with van der Waals surface area (Å²) in [5.41, 5.74) is 2.29. The van der Waals surface area contributed by atoms with Gasteiger partial charge in [-0.25, -0.2) is 0 Å². The standard InChI is InChI=1S/C24H29N3O4/c1-16(17-7-11-20(12-8-17)27-24(30)19-5-6-19)26-22(28)4-3-15-25-23(29)18-9-13-21(31-2)14-10-18/h7-14,16,19H,3-6,15H2,1-2H3,(H,25,29)(H,26,28)(H,27,30). The second kappa shape index (κ2) is 10.6. The third-order valence-corrected chi connectivity index (χ3v) is 5.22. The molecule has 3 rings (SSSR count). The Kier molecular flexibility index (Phi) is 7.65. The fourth-order valence-corrected chi connectivity index (χ4v) is 3.14. The van der Waals surface area contributed by atoms with Crippen LogP contribution in [0.15, 0.2) is 48.5 Å². The Labute approximate surface area is 182 Å². The highest BCUT2D eigenvalue weighted by Gasteiger charge is 2.29. The second-order valence-electron chi connectivity index (χ2n) is 7.76. The molecule has 164 valence electrons. The smallest absolute Gasteiger partial charge is 0.251 e. The van der Waals surface area contributed by atoms with Crippen LogP contribution >= 0.6 is 0 Å². The van der Waals surface area contributed by atoms with Crippen LogP contribution in [0.2, 0.25) is 0 Å². The Morgan fingerprint density at radius 3 is 2.32 bits per heavy atom. The Morgan fingerprint density at radius 2 is 1.71 bits per heavy atom. The molecule has 0 spiro atoms. The van der Waals surface area contributed by atoms with E-state index in [-0.39, 0.29) is 29.7 Å². The summed E-state index contributed by atoms with van der Waals surface area (Å²) in [4.78, 5) is 36.1. The van der Waals surface area contributed by atoms with E-state index in [1.165, 1.54) is 0 Å². The van der Waals surface area contributed by atoms with E-state index in [1.54, 1.807) is 31.4 Å². The lowest BCUT2D eigenvalue weighted by molar-refractivity contribution is -0.121. The molecule has 2 aromatic carbocycles. The SMILES string of the molecule is COc1ccc(C(=O)NCCCC(=O)NC(C)c2ccc(NC(=O)C3CC3)cc2)cc1. The van der Waals surface area contributed by atoms with Gasteiger partial charge in [0.15, 0.2) is 0 Å². The van der Waals surface area contributed by atoms with Gasteiger partial charge in [-0.1, -0.05) is 12.1 Å². The maximum absolute atomic E-state index is 12.2. The molecule has 2 aromatic rings. The molecular formula is C24H29N3O4. The van der Waals surface area contributed by atoms with Crippen LogP contribution in [0.3, 0.4) is 0 Å². The van der Waals surface area contributed by atoms with Crippen LogP contribution in [-0.4, -0.2) is 31.4 Å². The first kappa shape index (κ1) is 22.3. The zero-order chi connectivity index (χ0) is 22.2. The number of hydrogen-bond donors (Lipinski definition) is 3. The Hall–Kier alpha value is -3.35. The van der Waals surface area contributed by atoms with Crippen LogP contribution in [0.4, 0.5) is 5.69 Å². The molecule has 1 atom stereocenters. The van der Waals surface area contributed by atoms with Crippen molar-refractivity contribution in [2.45, 2.75) is 38.6 Å². The molecule has 0 heterocycles. The van der Waals surface area contributed by atoms with Gasteiger partial charge in [0.2, 0.25) is 11.8 Å². The molecule has 0 saturated heterocycles. The summed E-state index contributed by atoms with van der Waals surface area (Å²) in [6, 6.07) is 14.2. The summed E-state index contributed by atoms with van der Waals surface area (Å²) in [7, 11) is 1.57. The molecule has 31 heavy (non-hydrogen) atoms. The first-order valence-electron chi connectivity index (χ1n) is 10.6. The van der Waals surface area contributed by atoms with Crippen molar-refractivity contribution < 1.29 is 19.1 Å². The molecular weight excluding hydrogens is 394 g/mol. The first-order chi connectivity index (χ1) is 15.0. The number of carbonyl (C=O) groups excluding carboxylic acids is 3. The van der Waals surface area contributed by atoms with Crippen molar-refractivity contribution in [3.63, 3.8) is 0 Å². The van der Waals surface area contributed by atoms with Crippen molar-refractivity contribution in [1.82, 2.24) is 10.6 Å². The molecule has 3 amide bonds. The molecule has 0 bridgehead atoms. The van der Waals surface area contributed by atoms with E-state index >= 15 is 0 Å². The molecule has 1 aliphatic carbocycles. The quantitative estimate of drug-likeness (QED) is 0.510. The number of amides is 3. The number of hydrogen-bond acceptors (Lipinski definition) is 4. The van der Waals surface area contributed by atoms with E-state index in [4.69, 9.17) is 4.74 Å². The van der Waals surface area contributed by atoms with Crippen molar-refractivity contribution in [1.29, 1.82) is 0 Å². The van der Waals surface area contributed by atoms with Crippen molar-refractivity contribution in [2.24, 2.45) is 5.92 Å². The lowest BCUT2D eigenvalue weighted by atomic mass is 10.1. The van der Waals surface area contributed by atoms with Crippen molar-refractivity contribution in [2.75, 3.05) is 19.0 Å². The molecule has 1 aliphatic rings. The van der Waals surface area contributed by atoms with Gasteiger partial charge in [-0.15, -0.1) is 0 Å². The highest BCUT2D eigenvalue weighted by Crippen LogP contribution is 2.30. The zero-order valence-corrected chi connectivity index (χ0v) is 17.9. The second-order valence-corrected chi connectivity index (χ2v) is 7.76. The van der Waals surface area contributed by atoms with E-state index in [2.05, 4.69) is 16.0 Å². The van der Waals surface area contributed by atoms with E-state index in [9.17, 15) is 14.4 Å². The van der Waals surface area contributed by atoms with Crippen LogP contribution in [0, 0.1) is 5.92 Å². The Balaban J connectivity index is 1.35. The Bertz CT molecular complexity index is 905. The van der Waals surface area contributed by atoms with Gasteiger partial charge in [0.25, 0.3) is 5.91 Å². The lowest BCUT2D eigenvalue weighted by Gasteiger charge is -2.15. The third kappa shape index (κ3) is 6.84. The molecule has 0 aromatic heterocycles. The number of methoxy groups -OCH3 is 1. The van der Waals surface area contributed by atoms with E-state index in [1.807, 2.05) is 31.2 Å². The minimum absolute atomic E-state index is 0.0719. The van der Waals surface area contributed by atoms with Gasteiger partial charge in [-0.05, 0) is 68.1 Å². The van der Waals surface area contributed by atoms with E-state index in [0.29, 0.717) is 30.7 Å². The molecule has 7 nitrogen and oxygen atoms in total. The molecule has 0 aliphatic heterocycles. The molecule has 1 saturated carbocycles. The summed E-state index contributed by atoms with van der Waals surface area (Å²) in [5, 5.41) is 8.69. The monoisotopic (exact) mass is 423 g/mol. The predicted octanol–water partition coefficient (Wildman–Crippen LogP) is 3.43. The van der Waals surface area contributed by atoms with Crippen molar-refractivity contribution in [3.8, 4) is 5.75 Å². The number of anilines is 1. The fourth-order valence-electron chi connectivity index (χ4n) is 3.14. The third-order valence-electron chi connectivity index (χ3n) is 5.22. The zero-order valence-electron chi connectivity index (χ0n) is 17.9. The first-order valence-corrected chi connectivity index (χ1v) is 10.6. The lowest BCUT2D eigenvalue weighted by Crippen LogP contribution is -2.29. The van der Waals surface area contributed by atoms with Crippen LogP contribution in [0.5, 0.6) is 5.75 Å². The number of nitrogens with one attached hydrogen (secondary N) is 3. The summed E-state index contributed by atoms with van der Waals surface area (Å²) in [5.74, 6) is 0.689. The predicted molar refractivity (Wildman–Crippen MR) is 119 cm³/mol. The Morgan fingerprint density at radius 1 is 1.03 bits per heavy atom. The summed E-state index contributed by atoms with van der Waals surface area (Å²) >= 11 is 0. The molecule has 1 unspecified atom stereocenters. The molecule has 7 heteroatoms. The number of ether oxygens (including phenoxy) is 1. The summed E-state index contributed by atoms with van der Waals surface area (Å²) in [6.45, 7) is 2.34. The molecule has 1 fully saturated rings. The minimum Gasteiger partial charge on any atom is -0.497 e. The largest absolute Gasteiger partial charge is 0.497 e. The van der Waals surface area contributed by atoms with Crippen LogP contribution in [-0.2, 0) is 9.59 Å². The molecule has 3 N–H and O–H groups in total. The topological polar surface area (TPSA) is 96.5 Å². The highest BCUT2D eigenvalue weighted by atomic mass is 16.5. The number of benzene rings is 2. The molecule has 0 radical (unpaired) electrons. The van der Waals surface area contributed by atoms with Gasteiger partial charge in [0.1, 0.15) is 5.75 Å². The van der Waals surface area contributed by atoms with Gasteiger partial charge in [-0.3, -0.25) is 14.4 Å². The van der Waals surface area contributed by atoms with E-state index in [0.717, 1.165) is 24.1 Å². The van der Waals surface area contributed by atoms with E-state index < -0.39 is 0 Å². The number of carbonyl (C=O) groups is 3. The summed E-state index contributed by atoms with van der Waals surface area (Å²) in [6.07, 6.45) is 2.81. The van der Waals surface area contributed by atoms with Crippen molar-refractivity contribution in [3.05, 3.63) is 59.7 Å². The van der Waals surface area contributed by atoms with Gasteiger partial charge in [0, 0.05) is 30.1 Å². The summed E-state index contributed by atoms with van der Waals surface area (Å²) < 4.78 is 5.08. The van der Waals surface area contributed by atoms with Gasteiger partial charge in [-0.2, -0.15) is 0 Å². The van der Waals surface area contributed by atoms with Crippen LogP contribution in [0.25, 0.3) is 0 Å². The normalized spacial score (nSPS) is 13.7. The van der Waals surface area contributed by atoms with Crippen LogP contribution in [0.1, 0.15) is 54.6 Å². The van der Waals surface area contributed by atoms with Crippen LogP contribution < -0.4 is 20.7 Å². The van der Waals surface area contributed by atoms with Gasteiger partial charge < -0.3 is 20.7 Å². The minimum atomic E-state index is -0.176. The maximum atomic E-state index is 12.2. The van der Waals surface area contributed by atoms with Crippen molar-refractivity contribution >= 4 is 23.4 Å². The highest BCUT2D eigenvalue weighted by molar-refractivity contribution is 5.94. The van der Waals surface area contributed by atoms with Gasteiger partial charge >= 0.3 is 0 Å². The average Bonchev–Trinajstić information content (AvgIpc) is 3.62. The number of rotatable bonds is 10. The van der Waals surface area contributed by atoms with Gasteiger partial charge in [0.05, 0.1) is 13.2 Å². The maximum Gasteiger partial charge on any atom is 0.251 e. The fraction of sp³-hybridized carbons (Fsp3) is 0.375.